The van der Waals surface area contributed by atoms with E-state index in [1.165, 1.54) is 5.56 Å². The lowest BCUT2D eigenvalue weighted by Crippen LogP contribution is -2.49. The molecule has 0 aromatic heterocycles. The maximum atomic E-state index is 13.7. The molecule has 0 saturated heterocycles. The molecule has 5 nitrogen and oxygen atoms in total. The maximum absolute atomic E-state index is 13.7. The number of nitrogens with zero attached hydrogens (tertiary/aromatic N) is 1. The summed E-state index contributed by atoms with van der Waals surface area (Å²) in [7, 11) is 1.58. The molecule has 2 amide bonds. The van der Waals surface area contributed by atoms with Gasteiger partial charge in [0.15, 0.2) is 0 Å². The lowest BCUT2D eigenvalue weighted by molar-refractivity contribution is -0.119. The van der Waals surface area contributed by atoms with Gasteiger partial charge in [0.05, 0.1) is 24.8 Å². The Morgan fingerprint density at radius 1 is 0.967 bits per heavy atom. The summed E-state index contributed by atoms with van der Waals surface area (Å²) in [5.74, 6) is -0.0604. The number of fused-ring (bicyclic) bond motifs is 4. The maximum Gasteiger partial charge on any atom is 0.254 e. The Labute approximate surface area is 175 Å². The van der Waals surface area contributed by atoms with Crippen molar-refractivity contribution < 1.29 is 14.3 Å². The lowest BCUT2D eigenvalue weighted by atomic mass is 9.76. The topological polar surface area (TPSA) is 58.6 Å². The van der Waals surface area contributed by atoms with E-state index >= 15 is 0 Å². The summed E-state index contributed by atoms with van der Waals surface area (Å²) in [5, 5.41) is 3.05. The van der Waals surface area contributed by atoms with Crippen LogP contribution in [0.1, 0.15) is 39.0 Å². The van der Waals surface area contributed by atoms with Crippen LogP contribution in [0.2, 0.25) is 0 Å². The van der Waals surface area contributed by atoms with E-state index < -0.39 is 5.92 Å². The average molecular weight is 398 g/mol. The van der Waals surface area contributed by atoms with Crippen LogP contribution in [-0.2, 0) is 11.2 Å². The van der Waals surface area contributed by atoms with Crippen LogP contribution >= 0.6 is 0 Å². The van der Waals surface area contributed by atoms with Gasteiger partial charge in [-0.15, -0.1) is 0 Å². The van der Waals surface area contributed by atoms with E-state index in [9.17, 15) is 9.59 Å². The molecule has 0 aliphatic carbocycles. The molecule has 1 N–H and O–H groups in total. The van der Waals surface area contributed by atoms with Crippen molar-refractivity contribution in [2.45, 2.75) is 18.4 Å². The van der Waals surface area contributed by atoms with E-state index in [0.29, 0.717) is 23.5 Å². The minimum Gasteiger partial charge on any atom is -0.495 e. The molecule has 2 aliphatic rings. The molecule has 3 aromatic rings. The van der Waals surface area contributed by atoms with Gasteiger partial charge in [-0.05, 0) is 41.3 Å². The van der Waals surface area contributed by atoms with Gasteiger partial charge < -0.3 is 15.0 Å². The molecule has 2 unspecified atom stereocenters. The number of methoxy groups -OCH3 is 1. The van der Waals surface area contributed by atoms with Crippen LogP contribution in [0.3, 0.4) is 0 Å². The zero-order valence-corrected chi connectivity index (χ0v) is 16.7. The predicted octanol–water partition coefficient (Wildman–Crippen LogP) is 4.17. The van der Waals surface area contributed by atoms with Crippen LogP contribution < -0.4 is 10.1 Å². The van der Waals surface area contributed by atoms with Gasteiger partial charge in [0, 0.05) is 12.1 Å². The van der Waals surface area contributed by atoms with Crippen molar-refractivity contribution in [2.75, 3.05) is 19.0 Å². The summed E-state index contributed by atoms with van der Waals surface area (Å²) in [4.78, 5) is 28.8. The summed E-state index contributed by atoms with van der Waals surface area (Å²) in [6.07, 6.45) is 0.793. The molecule has 2 aliphatic heterocycles. The number of rotatable bonds is 3. The summed E-state index contributed by atoms with van der Waals surface area (Å²) in [6, 6.07) is 22.6. The molecular weight excluding hydrogens is 376 g/mol. The minimum absolute atomic E-state index is 0.00792. The smallest absolute Gasteiger partial charge is 0.254 e. The van der Waals surface area contributed by atoms with E-state index in [-0.39, 0.29) is 17.9 Å². The van der Waals surface area contributed by atoms with Crippen molar-refractivity contribution in [3.05, 3.63) is 95.1 Å². The fourth-order valence-electron chi connectivity index (χ4n) is 4.72. The van der Waals surface area contributed by atoms with E-state index in [1.807, 2.05) is 71.6 Å². The Kier molecular flexibility index (Phi) is 4.51. The van der Waals surface area contributed by atoms with Gasteiger partial charge in [-0.2, -0.15) is 0 Å². The van der Waals surface area contributed by atoms with Crippen molar-refractivity contribution in [3.63, 3.8) is 0 Å². The summed E-state index contributed by atoms with van der Waals surface area (Å²) in [6.45, 7) is 0.604. The first-order valence-electron chi connectivity index (χ1n) is 10.1. The summed E-state index contributed by atoms with van der Waals surface area (Å²) in [5.41, 5.74) is 4.24. The first-order valence-corrected chi connectivity index (χ1v) is 10.1. The van der Waals surface area contributed by atoms with Crippen molar-refractivity contribution in [2.24, 2.45) is 0 Å². The SMILES string of the molecule is COc1ccccc1NC(=O)C1c2ccccc2C(=O)N2CCc3ccccc3C12. The van der Waals surface area contributed by atoms with Gasteiger partial charge in [0.2, 0.25) is 5.91 Å². The Morgan fingerprint density at radius 3 is 2.50 bits per heavy atom. The standard InChI is InChI=1S/C25H22N2O3/c1-30-21-13-7-6-12-20(21)26-24(28)22-18-10-4-5-11-19(18)25(29)27-15-14-16-8-2-3-9-17(16)23(22)27/h2-13,22-23H,14-15H2,1H3,(H,26,28). The van der Waals surface area contributed by atoms with Gasteiger partial charge in [-0.3, -0.25) is 9.59 Å². The van der Waals surface area contributed by atoms with E-state index in [2.05, 4.69) is 11.4 Å². The number of benzene rings is 3. The Morgan fingerprint density at radius 2 is 1.67 bits per heavy atom. The number of nitrogens with one attached hydrogen (secondary N) is 1. The second-order valence-electron chi connectivity index (χ2n) is 7.65. The molecule has 30 heavy (non-hydrogen) atoms. The Bertz CT molecular complexity index is 1140. The Balaban J connectivity index is 1.63. The third-order valence-electron chi connectivity index (χ3n) is 6.08. The second kappa shape index (κ2) is 7.34. The van der Waals surface area contributed by atoms with Crippen LogP contribution in [-0.4, -0.2) is 30.4 Å². The fourth-order valence-corrected chi connectivity index (χ4v) is 4.72. The molecule has 150 valence electrons. The number of hydrogen-bond acceptors (Lipinski definition) is 3. The van der Waals surface area contributed by atoms with E-state index in [1.54, 1.807) is 7.11 Å². The van der Waals surface area contributed by atoms with E-state index in [0.717, 1.165) is 17.5 Å². The van der Waals surface area contributed by atoms with Crippen LogP contribution in [0, 0.1) is 0 Å². The molecule has 0 bridgehead atoms. The highest BCUT2D eigenvalue weighted by Crippen LogP contribution is 2.46. The van der Waals surface area contributed by atoms with Crippen LogP contribution in [0.25, 0.3) is 0 Å². The van der Waals surface area contributed by atoms with Gasteiger partial charge in [0.1, 0.15) is 5.75 Å². The number of amides is 2. The first kappa shape index (κ1) is 18.4. The van der Waals surface area contributed by atoms with Crippen LogP contribution in [0.4, 0.5) is 5.69 Å². The molecular formula is C25H22N2O3. The van der Waals surface area contributed by atoms with Crippen molar-refractivity contribution >= 4 is 17.5 Å². The Hall–Kier alpha value is -3.60. The third kappa shape index (κ3) is 2.86. The normalized spacial score (nSPS) is 19.4. The number of ether oxygens (including phenoxy) is 1. The van der Waals surface area contributed by atoms with Gasteiger partial charge in [-0.25, -0.2) is 0 Å². The largest absolute Gasteiger partial charge is 0.495 e. The molecule has 0 radical (unpaired) electrons. The summed E-state index contributed by atoms with van der Waals surface area (Å²) < 4.78 is 5.40. The van der Waals surface area contributed by atoms with Gasteiger partial charge >= 0.3 is 0 Å². The average Bonchev–Trinajstić information content (AvgIpc) is 2.79. The molecule has 5 heteroatoms. The number of carbonyl (C=O) groups excluding carboxylic acids is 2. The van der Waals surface area contributed by atoms with Gasteiger partial charge in [0.25, 0.3) is 5.91 Å². The molecule has 3 aromatic carbocycles. The van der Waals surface area contributed by atoms with Gasteiger partial charge in [-0.1, -0.05) is 54.6 Å². The third-order valence-corrected chi connectivity index (χ3v) is 6.08. The number of hydrogen-bond donors (Lipinski definition) is 1. The highest BCUT2D eigenvalue weighted by atomic mass is 16.5. The molecule has 2 heterocycles. The van der Waals surface area contributed by atoms with Crippen molar-refractivity contribution in [1.29, 1.82) is 0 Å². The second-order valence-corrected chi connectivity index (χ2v) is 7.65. The van der Waals surface area contributed by atoms with Crippen molar-refractivity contribution in [1.82, 2.24) is 4.90 Å². The number of anilines is 1. The number of carbonyl (C=O) groups is 2. The quantitative estimate of drug-likeness (QED) is 0.720. The lowest BCUT2D eigenvalue weighted by Gasteiger charge is -2.45. The zero-order chi connectivity index (χ0) is 20.7. The molecule has 0 fully saturated rings. The highest BCUT2D eigenvalue weighted by molar-refractivity contribution is 6.05. The molecule has 0 spiro atoms. The first-order chi connectivity index (χ1) is 14.7. The zero-order valence-electron chi connectivity index (χ0n) is 16.7. The fraction of sp³-hybridized carbons (Fsp3) is 0.200. The molecule has 0 saturated carbocycles. The number of para-hydroxylation sites is 2. The van der Waals surface area contributed by atoms with Crippen molar-refractivity contribution in [3.8, 4) is 5.75 Å². The van der Waals surface area contributed by atoms with Crippen LogP contribution in [0.15, 0.2) is 72.8 Å². The minimum atomic E-state index is -0.509. The molecule has 2 atom stereocenters. The van der Waals surface area contributed by atoms with E-state index in [4.69, 9.17) is 4.74 Å². The van der Waals surface area contributed by atoms with Crippen LogP contribution in [0.5, 0.6) is 5.75 Å². The molecule has 5 rings (SSSR count). The highest BCUT2D eigenvalue weighted by Gasteiger charge is 2.46. The predicted molar refractivity (Wildman–Crippen MR) is 115 cm³/mol. The monoisotopic (exact) mass is 398 g/mol. The summed E-state index contributed by atoms with van der Waals surface area (Å²) >= 11 is 0.